The molecule has 3 aromatic carbocycles. The topological polar surface area (TPSA) is 45.1 Å². The second-order valence-corrected chi connectivity index (χ2v) is 12.5. The van der Waals surface area contributed by atoms with Crippen molar-refractivity contribution in [2.45, 2.75) is 62.7 Å². The number of aliphatic imine (C=N–C) groups is 1. The van der Waals surface area contributed by atoms with E-state index in [1.54, 1.807) is 12.1 Å². The summed E-state index contributed by atoms with van der Waals surface area (Å²) >= 11 is 6.20. The lowest BCUT2D eigenvalue weighted by atomic mass is 9.68. The molecule has 42 heavy (non-hydrogen) atoms. The molecule has 5 rings (SSSR count). The van der Waals surface area contributed by atoms with E-state index in [-0.39, 0.29) is 35.8 Å². The van der Waals surface area contributed by atoms with Crippen LogP contribution < -0.4 is 0 Å². The van der Waals surface area contributed by atoms with Gasteiger partial charge in [-0.3, -0.25) is 4.99 Å². The first-order chi connectivity index (χ1) is 20.2. The van der Waals surface area contributed by atoms with Crippen LogP contribution in [0.3, 0.4) is 0 Å². The Morgan fingerprint density at radius 3 is 2.31 bits per heavy atom. The molecule has 0 saturated heterocycles. The van der Waals surface area contributed by atoms with E-state index >= 15 is 0 Å². The van der Waals surface area contributed by atoms with Gasteiger partial charge in [0.2, 0.25) is 0 Å². The Morgan fingerprint density at radius 2 is 1.69 bits per heavy atom. The summed E-state index contributed by atoms with van der Waals surface area (Å²) in [5, 5.41) is 0.656. The van der Waals surface area contributed by atoms with Crippen molar-refractivity contribution in [2.24, 2.45) is 16.8 Å². The fraction of sp³-hybridized carbons (Fsp3) is 0.429. The Morgan fingerprint density at radius 1 is 1.02 bits per heavy atom. The van der Waals surface area contributed by atoms with E-state index in [0.717, 1.165) is 36.8 Å². The Balaban J connectivity index is 1.47. The molecule has 3 aromatic rings. The van der Waals surface area contributed by atoms with Gasteiger partial charge in [-0.2, -0.15) is 0 Å². The molecule has 0 bridgehead atoms. The van der Waals surface area contributed by atoms with Gasteiger partial charge in [0, 0.05) is 17.5 Å². The maximum atomic E-state index is 14.2. The number of hydrogen-bond donors (Lipinski definition) is 0. The Bertz CT molecular complexity index is 1370. The highest BCUT2D eigenvalue weighted by molar-refractivity contribution is 6.30. The second-order valence-electron chi connectivity index (χ2n) is 12.1. The molecule has 0 aromatic heterocycles. The molecular formula is C35H41ClFN3O2. The van der Waals surface area contributed by atoms with Gasteiger partial charge in [-0.1, -0.05) is 66.2 Å². The van der Waals surface area contributed by atoms with E-state index in [2.05, 4.69) is 43.0 Å². The molecule has 0 N–H and O–H groups in total. The number of carbonyl (C=O) groups is 1. The van der Waals surface area contributed by atoms with Gasteiger partial charge in [-0.25, -0.2) is 9.18 Å². The van der Waals surface area contributed by atoms with Crippen LogP contribution in [0.1, 0.15) is 61.4 Å². The van der Waals surface area contributed by atoms with Crippen molar-refractivity contribution in [2.75, 3.05) is 21.2 Å². The molecule has 2 aliphatic rings. The third-order valence-corrected chi connectivity index (χ3v) is 9.59. The predicted octanol–water partition coefficient (Wildman–Crippen LogP) is 7.52. The molecule has 4 atom stereocenters. The lowest BCUT2D eigenvalue weighted by Crippen LogP contribution is -2.57. The van der Waals surface area contributed by atoms with E-state index < -0.39 is 5.54 Å². The van der Waals surface area contributed by atoms with Crippen LogP contribution in [-0.2, 0) is 16.0 Å². The Kier molecular flexibility index (Phi) is 9.34. The van der Waals surface area contributed by atoms with E-state index in [4.69, 9.17) is 21.3 Å². The van der Waals surface area contributed by atoms with Crippen LogP contribution in [0, 0.1) is 17.7 Å². The molecule has 222 valence electrons. The Labute approximate surface area is 254 Å². The summed E-state index contributed by atoms with van der Waals surface area (Å²) in [4.78, 5) is 23.3. The third-order valence-electron chi connectivity index (χ3n) is 9.34. The van der Waals surface area contributed by atoms with E-state index in [0.29, 0.717) is 17.4 Å². The number of benzene rings is 3. The summed E-state index contributed by atoms with van der Waals surface area (Å²) in [5.41, 5.74) is 2.10. The fourth-order valence-electron chi connectivity index (χ4n) is 7.39. The lowest BCUT2D eigenvalue weighted by Gasteiger charge is -2.46. The number of halogens is 2. The second kappa shape index (κ2) is 13.0. The minimum Gasteiger partial charge on any atom is -0.467 e. The molecular weight excluding hydrogens is 549 g/mol. The summed E-state index contributed by atoms with van der Waals surface area (Å²) in [6, 6.07) is 25.0. The number of hydrogen-bond acceptors (Lipinski definition) is 5. The smallest absolute Gasteiger partial charge is 0.336 e. The zero-order valence-electron chi connectivity index (χ0n) is 24.9. The van der Waals surface area contributed by atoms with E-state index in [9.17, 15) is 9.18 Å². The zero-order valence-corrected chi connectivity index (χ0v) is 25.7. The SMILES string of the molecule is COC(=O)C1(Cc2ccc(Cl)cc2)N=CN(C(C)c2ccccc2)C1C1CCC(C(c2cccc(F)c2)N(C)C)CC1. The number of esters is 1. The van der Waals surface area contributed by atoms with Gasteiger partial charge in [-0.05, 0) is 99.5 Å². The molecule has 5 nitrogen and oxygen atoms in total. The average Bonchev–Trinajstić information content (AvgIpc) is 3.38. The first kappa shape index (κ1) is 30.2. The standard InChI is InChI=1S/C35H41ClFN3O2/c1-24(26-9-6-5-7-10-26)40-23-38-35(34(41)42-4,22-25-13-19-30(36)20-14-25)33(40)28-17-15-27(16-18-28)32(39(2)3)29-11-8-12-31(37)21-29/h5-14,19-21,23-24,27-28,32-33H,15-18,22H2,1-4H3. The molecule has 4 unspecified atom stereocenters. The lowest BCUT2D eigenvalue weighted by molar-refractivity contribution is -0.150. The van der Waals surface area contributed by atoms with Crippen molar-refractivity contribution in [3.63, 3.8) is 0 Å². The average molecular weight is 590 g/mol. The summed E-state index contributed by atoms with van der Waals surface area (Å²) in [6.07, 6.45) is 6.15. The largest absolute Gasteiger partial charge is 0.467 e. The van der Waals surface area contributed by atoms with Gasteiger partial charge >= 0.3 is 5.97 Å². The highest BCUT2D eigenvalue weighted by atomic mass is 35.5. The van der Waals surface area contributed by atoms with Crippen molar-refractivity contribution in [1.29, 1.82) is 0 Å². The van der Waals surface area contributed by atoms with E-state index in [1.165, 1.54) is 18.7 Å². The molecule has 1 saturated carbocycles. The predicted molar refractivity (Wildman–Crippen MR) is 167 cm³/mol. The number of ether oxygens (including phenoxy) is 1. The highest BCUT2D eigenvalue weighted by Crippen LogP contribution is 2.47. The van der Waals surface area contributed by atoms with Crippen molar-refractivity contribution in [3.05, 3.63) is 106 Å². The molecule has 0 radical (unpaired) electrons. The quantitative estimate of drug-likeness (QED) is 0.242. The van der Waals surface area contributed by atoms with E-state index in [1.807, 2.05) is 54.9 Å². The van der Waals surface area contributed by atoms with Crippen molar-refractivity contribution < 1.29 is 13.9 Å². The van der Waals surface area contributed by atoms with Gasteiger partial charge < -0.3 is 14.5 Å². The summed E-state index contributed by atoms with van der Waals surface area (Å²) in [5.74, 6) is 0.0852. The van der Waals surface area contributed by atoms with Gasteiger partial charge in [-0.15, -0.1) is 0 Å². The van der Waals surface area contributed by atoms with Crippen LogP contribution in [0.15, 0.2) is 83.9 Å². The maximum Gasteiger partial charge on any atom is 0.336 e. The van der Waals surface area contributed by atoms with Gasteiger partial charge in [0.1, 0.15) is 5.82 Å². The number of rotatable bonds is 9. The van der Waals surface area contributed by atoms with Crippen LogP contribution in [-0.4, -0.2) is 54.9 Å². The van der Waals surface area contributed by atoms with Gasteiger partial charge in [0.25, 0.3) is 0 Å². The molecule has 1 aliphatic carbocycles. The third kappa shape index (κ3) is 6.11. The summed E-state index contributed by atoms with van der Waals surface area (Å²) in [6.45, 7) is 2.18. The number of methoxy groups -OCH3 is 1. The highest BCUT2D eigenvalue weighted by Gasteiger charge is 2.56. The summed E-state index contributed by atoms with van der Waals surface area (Å²) < 4.78 is 19.7. The molecule has 0 spiro atoms. The fourth-order valence-corrected chi connectivity index (χ4v) is 7.51. The molecule has 7 heteroatoms. The maximum absolute atomic E-state index is 14.2. The van der Waals surface area contributed by atoms with Crippen molar-refractivity contribution >= 4 is 23.9 Å². The minimum absolute atomic E-state index is 0.0243. The summed E-state index contributed by atoms with van der Waals surface area (Å²) in [7, 11) is 5.60. The normalized spacial score (nSPS) is 25.4. The van der Waals surface area contributed by atoms with Crippen LogP contribution >= 0.6 is 11.6 Å². The minimum atomic E-state index is -1.08. The van der Waals surface area contributed by atoms with Crippen LogP contribution in [0.25, 0.3) is 0 Å². The molecule has 0 amide bonds. The molecule has 1 heterocycles. The monoisotopic (exact) mass is 589 g/mol. The van der Waals surface area contributed by atoms with Crippen molar-refractivity contribution in [1.82, 2.24) is 9.80 Å². The van der Waals surface area contributed by atoms with Crippen LogP contribution in [0.5, 0.6) is 0 Å². The first-order valence-electron chi connectivity index (χ1n) is 14.9. The first-order valence-corrected chi connectivity index (χ1v) is 15.2. The molecule has 1 aliphatic heterocycles. The zero-order chi connectivity index (χ0) is 29.9. The molecule has 1 fully saturated rings. The Hall–Kier alpha value is -3.22. The number of carbonyl (C=O) groups excluding carboxylic acids is 1. The van der Waals surface area contributed by atoms with Crippen LogP contribution in [0.4, 0.5) is 4.39 Å². The number of nitrogens with zero attached hydrogens (tertiary/aromatic N) is 3. The van der Waals surface area contributed by atoms with Gasteiger partial charge in [0.15, 0.2) is 5.54 Å². The van der Waals surface area contributed by atoms with Crippen LogP contribution in [0.2, 0.25) is 5.02 Å². The van der Waals surface area contributed by atoms with Gasteiger partial charge in [0.05, 0.1) is 25.5 Å². The van der Waals surface area contributed by atoms with Crippen molar-refractivity contribution in [3.8, 4) is 0 Å².